The zero-order valence-electron chi connectivity index (χ0n) is 21.9. The first-order valence-corrected chi connectivity index (χ1v) is 18.1. The largest absolute Gasteiger partial charge is 0.386 e. The van der Waals surface area contributed by atoms with E-state index in [9.17, 15) is 14.3 Å². The average molecular weight is 694 g/mol. The molecule has 1 amide bonds. The summed E-state index contributed by atoms with van der Waals surface area (Å²) >= 11 is 9.28. The van der Waals surface area contributed by atoms with Crippen LogP contribution in [0.4, 0.5) is 10.2 Å². The molecule has 2 aromatic rings. The minimum atomic E-state index is -4.23. The number of hydrogen-bond donors (Lipinski definition) is 5. The highest BCUT2D eigenvalue weighted by Gasteiger charge is 2.53. The molecule has 10 atom stereocenters. The van der Waals surface area contributed by atoms with E-state index >= 15 is 4.39 Å². The number of nitrogens with one attached hydrogen (secondary N) is 2. The highest BCUT2D eigenvalue weighted by molar-refractivity contribution is 8.44. The number of alkyl halides is 1. The number of amidine groups is 1. The van der Waals surface area contributed by atoms with Crippen molar-refractivity contribution >= 4 is 78.6 Å². The van der Waals surface area contributed by atoms with Gasteiger partial charge in [0.1, 0.15) is 24.6 Å². The van der Waals surface area contributed by atoms with Crippen LogP contribution in [0.15, 0.2) is 16.3 Å². The van der Waals surface area contributed by atoms with E-state index in [-0.39, 0.29) is 35.8 Å². The van der Waals surface area contributed by atoms with Gasteiger partial charge in [0.2, 0.25) is 5.96 Å². The monoisotopic (exact) mass is 693 g/mol. The van der Waals surface area contributed by atoms with E-state index in [0.29, 0.717) is 0 Å². The second kappa shape index (κ2) is 11.1. The van der Waals surface area contributed by atoms with Crippen molar-refractivity contribution in [3.63, 3.8) is 0 Å². The number of anilines is 1. The molecule has 3 fully saturated rings. The van der Waals surface area contributed by atoms with Gasteiger partial charge in [-0.25, -0.2) is 18.9 Å². The predicted molar refractivity (Wildman–Crippen MR) is 152 cm³/mol. The van der Waals surface area contributed by atoms with Gasteiger partial charge >= 0.3 is 13.5 Å². The third kappa shape index (κ3) is 5.45. The number of fused-ring (bicyclic) bond motifs is 5. The Morgan fingerprint density at radius 2 is 2.02 bits per heavy atom. The zero-order valence-corrected chi connectivity index (χ0v) is 25.4. The van der Waals surface area contributed by atoms with Gasteiger partial charge in [-0.15, -0.1) is 5.10 Å². The summed E-state index contributed by atoms with van der Waals surface area (Å²) in [6.07, 6.45) is -6.95. The highest BCUT2D eigenvalue weighted by Crippen LogP contribution is 2.57. The first kappa shape index (κ1) is 30.1. The number of aromatic nitrogens is 5. The maximum Gasteiger partial charge on any atom is 0.386 e. The zero-order chi connectivity index (χ0) is 31.0. The van der Waals surface area contributed by atoms with Gasteiger partial charge in [-0.3, -0.25) is 39.0 Å². The molecule has 236 valence electrons. The lowest BCUT2D eigenvalue weighted by molar-refractivity contribution is -0.119. The van der Waals surface area contributed by atoms with Crippen LogP contribution in [0.2, 0.25) is 0 Å². The van der Waals surface area contributed by atoms with Crippen LogP contribution in [0.25, 0.3) is 11.2 Å². The molecule has 5 aliphatic rings. The van der Waals surface area contributed by atoms with Crippen molar-refractivity contribution in [2.75, 3.05) is 18.9 Å². The number of thiol groups is 1. The lowest BCUT2D eigenvalue weighted by atomic mass is 10.1. The maximum atomic E-state index is 15.9. The Balaban J connectivity index is 1.15. The summed E-state index contributed by atoms with van der Waals surface area (Å²) in [7, 11) is 0. The number of carbonyl (C=O) groups is 1. The van der Waals surface area contributed by atoms with E-state index in [4.69, 9.17) is 50.5 Å². The van der Waals surface area contributed by atoms with Crippen molar-refractivity contribution in [3.8, 4) is 0 Å². The Bertz CT molecular complexity index is 1700. The van der Waals surface area contributed by atoms with Gasteiger partial charge < -0.3 is 24.6 Å². The fourth-order valence-electron chi connectivity index (χ4n) is 5.23. The molecule has 3 saturated heterocycles. The van der Waals surface area contributed by atoms with Crippen molar-refractivity contribution in [1.29, 1.82) is 5.41 Å². The number of halogens is 1. The number of ether oxygens (including phenoxy) is 2. The molecule has 2 aromatic heterocycles. The van der Waals surface area contributed by atoms with Crippen molar-refractivity contribution < 1.29 is 46.2 Å². The van der Waals surface area contributed by atoms with Crippen LogP contribution >= 0.6 is 25.8 Å². The summed E-state index contributed by atoms with van der Waals surface area (Å²) in [5, 5.41) is 17.8. The van der Waals surface area contributed by atoms with E-state index in [2.05, 4.69) is 47.8 Å². The van der Waals surface area contributed by atoms with E-state index in [0.717, 1.165) is 11.0 Å². The van der Waals surface area contributed by atoms with Crippen LogP contribution in [0.5, 0.6) is 0 Å². The molecule has 25 heteroatoms. The van der Waals surface area contributed by atoms with Crippen LogP contribution in [0, 0.1) is 5.41 Å². The Morgan fingerprint density at radius 1 is 1.20 bits per heavy atom. The third-order valence-corrected chi connectivity index (χ3v) is 10.3. The number of nitrogen functional groups attached to an aromatic ring is 1. The first-order valence-electron chi connectivity index (χ1n) is 12.8. The third-order valence-electron chi connectivity index (χ3n) is 7.13. The molecular weight excluding hydrogens is 671 g/mol. The molecule has 0 aliphatic carbocycles. The quantitative estimate of drug-likeness (QED) is 0.194. The molecule has 44 heavy (non-hydrogen) atoms. The van der Waals surface area contributed by atoms with E-state index in [1.165, 1.54) is 11.2 Å². The Kier molecular flexibility index (Phi) is 7.56. The Labute approximate surface area is 255 Å². The molecule has 3 unspecified atom stereocenters. The molecule has 5 aliphatic heterocycles. The average Bonchev–Trinajstić information content (AvgIpc) is 3.72. The SMILES string of the molecule is N=C1N=C2C(N=CN2[C@@H]2O[C@@H]3COP(O)(=S)O[C@H]4[C@H](F)[C@H](n5nnc6c(N)ncnc65)O[C@@H]4COP(=O)(S)O[C@@H]2C3)C(=O)N1. The fraction of sp³-hybridized carbons (Fsp3) is 0.579. The molecule has 0 aromatic carbocycles. The Morgan fingerprint density at radius 3 is 2.84 bits per heavy atom. The molecule has 0 saturated carbocycles. The van der Waals surface area contributed by atoms with Crippen LogP contribution in [0.1, 0.15) is 12.6 Å². The normalized spacial score (nSPS) is 41.0. The molecule has 2 bridgehead atoms. The minimum Gasteiger partial charge on any atom is -0.382 e. The minimum absolute atomic E-state index is 0.00665. The molecule has 5 N–H and O–H groups in total. The van der Waals surface area contributed by atoms with Crippen LogP contribution in [-0.2, 0) is 48.7 Å². The van der Waals surface area contributed by atoms with Gasteiger partial charge in [0.15, 0.2) is 47.5 Å². The van der Waals surface area contributed by atoms with Crippen molar-refractivity contribution in [3.05, 3.63) is 6.33 Å². The second-order valence-electron chi connectivity index (χ2n) is 9.98. The Hall–Kier alpha value is -2.56. The number of amides is 1. The van der Waals surface area contributed by atoms with E-state index < -0.39 is 81.1 Å². The van der Waals surface area contributed by atoms with Crippen molar-refractivity contribution in [2.24, 2.45) is 9.98 Å². The number of hydrogen-bond acceptors (Lipinski definition) is 17. The number of carbonyl (C=O) groups excluding carboxylic acids is 1. The lowest BCUT2D eigenvalue weighted by Gasteiger charge is -2.31. The number of guanidine groups is 1. The molecule has 20 nitrogen and oxygen atoms in total. The first-order chi connectivity index (χ1) is 20.9. The van der Waals surface area contributed by atoms with Crippen molar-refractivity contribution in [2.45, 2.75) is 55.5 Å². The summed E-state index contributed by atoms with van der Waals surface area (Å²) in [5.74, 6) is -0.878. The van der Waals surface area contributed by atoms with Gasteiger partial charge in [-0.05, 0) is 11.8 Å². The van der Waals surface area contributed by atoms with Crippen LogP contribution < -0.4 is 11.1 Å². The standard InChI is InChI=1S/C19H22FN11O9P2S2/c20-9-12-8(38-18(9)31-14-10(28-29-31)13(21)23-4-24-14)3-36-41(33,43)39-7-1-6(2-35-42(34,44)40-12)37-17(7)30-5-25-11-15(30)26-19(22)27-16(11)32/h4-9,11-12,17-18H,1-3H2,(H,33,43)(H,34,44)(H2,21,23,24)(H2,22,27,32)/t6-,7+,8+,9-,11?,12+,17+,18+,41?,42?/m0/s1. The van der Waals surface area contributed by atoms with Crippen LogP contribution in [0.3, 0.4) is 0 Å². The maximum absolute atomic E-state index is 15.9. The molecular formula is C19H22FN11O9P2S2. The summed E-state index contributed by atoms with van der Waals surface area (Å²) in [5.41, 5.74) is 5.97. The summed E-state index contributed by atoms with van der Waals surface area (Å²) in [4.78, 5) is 40.6. The van der Waals surface area contributed by atoms with Gasteiger partial charge in [-0.1, -0.05) is 17.5 Å². The number of nitrogens with two attached hydrogens (primary N) is 1. The van der Waals surface area contributed by atoms with Gasteiger partial charge in [-0.2, -0.15) is 9.67 Å². The number of rotatable bonds is 2. The van der Waals surface area contributed by atoms with E-state index in [1.807, 2.05) is 0 Å². The molecule has 7 rings (SSSR count). The number of nitrogens with zero attached hydrogens (tertiary/aromatic N) is 8. The topological polar surface area (TPSA) is 256 Å². The fourth-order valence-corrected chi connectivity index (χ4v) is 8.18. The predicted octanol–water partition coefficient (Wildman–Crippen LogP) is -0.599. The van der Waals surface area contributed by atoms with Crippen molar-refractivity contribution in [1.82, 2.24) is 35.2 Å². The van der Waals surface area contributed by atoms with Gasteiger partial charge in [0.05, 0.1) is 25.7 Å². The highest BCUT2D eigenvalue weighted by atomic mass is 32.7. The molecule has 7 heterocycles. The second-order valence-corrected chi connectivity index (χ2v) is 15.7. The molecule has 0 radical (unpaired) electrons. The van der Waals surface area contributed by atoms with Crippen LogP contribution in [-0.4, -0.2) is 115 Å². The lowest BCUT2D eigenvalue weighted by Crippen LogP contribution is -2.52. The van der Waals surface area contributed by atoms with E-state index in [1.54, 1.807) is 0 Å². The van der Waals surface area contributed by atoms with Gasteiger partial charge in [0.25, 0.3) is 5.91 Å². The molecule has 0 spiro atoms. The summed E-state index contributed by atoms with van der Waals surface area (Å²) in [6, 6.07) is -1.03. The van der Waals surface area contributed by atoms with Gasteiger partial charge in [0, 0.05) is 6.42 Å². The summed E-state index contributed by atoms with van der Waals surface area (Å²) < 4.78 is 64.7. The summed E-state index contributed by atoms with van der Waals surface area (Å²) in [6.45, 7) is -9.33. The smallest absolute Gasteiger partial charge is 0.382 e. The number of aliphatic imine (C=N–C) groups is 2.